The summed E-state index contributed by atoms with van der Waals surface area (Å²) in [6.07, 6.45) is 3.01. The zero-order chi connectivity index (χ0) is 14.9. The minimum absolute atomic E-state index is 0.0780. The van der Waals surface area contributed by atoms with E-state index in [4.69, 9.17) is 0 Å². The molecule has 0 radical (unpaired) electrons. The second kappa shape index (κ2) is 5.40. The fourth-order valence-electron chi connectivity index (χ4n) is 2.16. The molecule has 0 N–H and O–H groups in total. The molecule has 2 aromatic rings. The van der Waals surface area contributed by atoms with Crippen molar-refractivity contribution in [3.8, 4) is 0 Å². The van der Waals surface area contributed by atoms with Gasteiger partial charge in [0.05, 0.1) is 17.0 Å². The van der Waals surface area contributed by atoms with E-state index >= 15 is 0 Å². The molecule has 0 saturated carbocycles. The molecular formula is C14H19N5O. The highest BCUT2D eigenvalue weighted by Gasteiger charge is 2.18. The Kier molecular flexibility index (Phi) is 3.83. The Balaban J connectivity index is 2.22. The average Bonchev–Trinajstić information content (AvgIpc) is 2.65. The van der Waals surface area contributed by atoms with Crippen LogP contribution < -0.4 is 0 Å². The fourth-order valence-corrected chi connectivity index (χ4v) is 2.16. The van der Waals surface area contributed by atoms with Gasteiger partial charge in [0.15, 0.2) is 0 Å². The van der Waals surface area contributed by atoms with Gasteiger partial charge in [-0.05, 0) is 20.8 Å². The van der Waals surface area contributed by atoms with Crippen molar-refractivity contribution in [3.05, 3.63) is 40.7 Å². The van der Waals surface area contributed by atoms with E-state index in [1.54, 1.807) is 18.1 Å². The highest BCUT2D eigenvalue weighted by Crippen LogP contribution is 2.15. The molecule has 0 aliphatic heterocycles. The molecule has 6 heteroatoms. The summed E-state index contributed by atoms with van der Waals surface area (Å²) in [6.45, 7) is 6.30. The number of nitrogens with zero attached hydrogens (tertiary/aromatic N) is 5. The summed E-state index contributed by atoms with van der Waals surface area (Å²) in [5, 5.41) is 4.37. The Morgan fingerprint density at radius 2 is 2.00 bits per heavy atom. The number of carbonyl (C=O) groups is 1. The Morgan fingerprint density at radius 3 is 2.55 bits per heavy atom. The third kappa shape index (κ3) is 2.54. The summed E-state index contributed by atoms with van der Waals surface area (Å²) in [5.41, 5.74) is 4.33. The van der Waals surface area contributed by atoms with Gasteiger partial charge in [0, 0.05) is 38.1 Å². The lowest BCUT2D eigenvalue weighted by molar-refractivity contribution is 0.0783. The number of aromatic nitrogens is 4. The summed E-state index contributed by atoms with van der Waals surface area (Å²) >= 11 is 0. The molecular weight excluding hydrogens is 254 g/mol. The maximum absolute atomic E-state index is 12.4. The Hall–Kier alpha value is -2.24. The highest BCUT2D eigenvalue weighted by atomic mass is 16.2. The van der Waals surface area contributed by atoms with Gasteiger partial charge < -0.3 is 4.90 Å². The minimum Gasteiger partial charge on any atom is -0.337 e. The van der Waals surface area contributed by atoms with Gasteiger partial charge in [-0.25, -0.2) is 9.97 Å². The van der Waals surface area contributed by atoms with Crippen LogP contribution in [0.25, 0.3) is 0 Å². The van der Waals surface area contributed by atoms with Crippen LogP contribution in [0.1, 0.15) is 33.0 Å². The lowest BCUT2D eigenvalue weighted by atomic mass is 10.1. The van der Waals surface area contributed by atoms with Gasteiger partial charge in [-0.2, -0.15) is 5.10 Å². The average molecular weight is 273 g/mol. The highest BCUT2D eigenvalue weighted by molar-refractivity contribution is 5.94. The van der Waals surface area contributed by atoms with Crippen LogP contribution in [-0.2, 0) is 13.6 Å². The second-order valence-electron chi connectivity index (χ2n) is 4.96. The first-order chi connectivity index (χ1) is 9.41. The van der Waals surface area contributed by atoms with Crippen molar-refractivity contribution in [1.82, 2.24) is 24.6 Å². The van der Waals surface area contributed by atoms with Crippen molar-refractivity contribution >= 4 is 5.91 Å². The van der Waals surface area contributed by atoms with Gasteiger partial charge in [-0.15, -0.1) is 0 Å². The van der Waals surface area contributed by atoms with E-state index in [1.807, 2.05) is 32.5 Å². The van der Waals surface area contributed by atoms with Crippen LogP contribution in [-0.4, -0.2) is 37.6 Å². The van der Waals surface area contributed by atoms with Crippen LogP contribution in [0.5, 0.6) is 0 Å². The lowest BCUT2D eigenvalue weighted by Crippen LogP contribution is -2.27. The minimum atomic E-state index is -0.0780. The molecule has 1 amide bonds. The summed E-state index contributed by atoms with van der Waals surface area (Å²) in [5.74, 6) is -0.0780. The molecule has 0 aliphatic carbocycles. The fraction of sp³-hybridized carbons (Fsp3) is 0.429. The molecule has 2 rings (SSSR count). The molecule has 6 nitrogen and oxygen atoms in total. The van der Waals surface area contributed by atoms with E-state index < -0.39 is 0 Å². The summed E-state index contributed by atoms with van der Waals surface area (Å²) in [6, 6.07) is 0. The number of aryl methyl sites for hydroxylation is 3. The van der Waals surface area contributed by atoms with E-state index in [-0.39, 0.29) is 5.91 Å². The van der Waals surface area contributed by atoms with Gasteiger partial charge in [-0.3, -0.25) is 9.48 Å². The predicted molar refractivity (Wildman–Crippen MR) is 75.2 cm³/mol. The lowest BCUT2D eigenvalue weighted by Gasteiger charge is -2.18. The first kappa shape index (κ1) is 14.2. The Labute approximate surface area is 118 Å². The Bertz CT molecular complexity index is 647. The largest absolute Gasteiger partial charge is 0.337 e. The monoisotopic (exact) mass is 273 g/mol. The maximum atomic E-state index is 12.4. The third-order valence-electron chi connectivity index (χ3n) is 3.54. The van der Waals surface area contributed by atoms with Crippen LogP contribution in [0.3, 0.4) is 0 Å². The topological polar surface area (TPSA) is 63.9 Å². The van der Waals surface area contributed by atoms with Gasteiger partial charge in [-0.1, -0.05) is 0 Å². The maximum Gasteiger partial charge on any atom is 0.257 e. The molecule has 106 valence electrons. The molecule has 0 saturated heterocycles. The van der Waals surface area contributed by atoms with Crippen LogP contribution in [0.4, 0.5) is 0 Å². The van der Waals surface area contributed by atoms with Crippen LogP contribution in [0.2, 0.25) is 0 Å². The molecule has 0 atom stereocenters. The predicted octanol–water partition coefficient (Wildman–Crippen LogP) is 1.41. The number of rotatable bonds is 3. The van der Waals surface area contributed by atoms with Gasteiger partial charge in [0.1, 0.15) is 6.33 Å². The van der Waals surface area contributed by atoms with E-state index in [0.29, 0.717) is 17.8 Å². The quantitative estimate of drug-likeness (QED) is 0.848. The van der Waals surface area contributed by atoms with E-state index in [1.165, 1.54) is 6.33 Å². The third-order valence-corrected chi connectivity index (χ3v) is 3.54. The van der Waals surface area contributed by atoms with Crippen molar-refractivity contribution in [3.63, 3.8) is 0 Å². The van der Waals surface area contributed by atoms with Crippen molar-refractivity contribution in [2.75, 3.05) is 7.05 Å². The number of hydrogen-bond acceptors (Lipinski definition) is 4. The van der Waals surface area contributed by atoms with Crippen LogP contribution >= 0.6 is 0 Å². The summed E-state index contributed by atoms with van der Waals surface area (Å²) < 4.78 is 1.83. The second-order valence-corrected chi connectivity index (χ2v) is 4.96. The molecule has 2 aromatic heterocycles. The number of carbonyl (C=O) groups excluding carboxylic acids is 1. The zero-order valence-electron chi connectivity index (χ0n) is 12.5. The molecule has 2 heterocycles. The van der Waals surface area contributed by atoms with Crippen LogP contribution in [0, 0.1) is 20.8 Å². The molecule has 0 aliphatic rings. The van der Waals surface area contributed by atoms with Crippen LogP contribution in [0.15, 0.2) is 12.5 Å². The molecule has 20 heavy (non-hydrogen) atoms. The van der Waals surface area contributed by atoms with Gasteiger partial charge in [0.2, 0.25) is 0 Å². The van der Waals surface area contributed by atoms with Crippen molar-refractivity contribution in [2.45, 2.75) is 27.3 Å². The number of amides is 1. The first-order valence-electron chi connectivity index (χ1n) is 6.43. The molecule has 0 bridgehead atoms. The van der Waals surface area contributed by atoms with Crippen molar-refractivity contribution < 1.29 is 4.79 Å². The SMILES string of the molecule is Cc1ncncc1C(=O)N(C)Cc1c(C)nn(C)c1C. The number of hydrogen-bond donors (Lipinski definition) is 0. The normalized spacial score (nSPS) is 10.7. The Morgan fingerprint density at radius 1 is 1.30 bits per heavy atom. The molecule has 0 spiro atoms. The summed E-state index contributed by atoms with van der Waals surface area (Å²) in [7, 11) is 3.68. The zero-order valence-corrected chi connectivity index (χ0v) is 12.5. The van der Waals surface area contributed by atoms with Gasteiger partial charge >= 0.3 is 0 Å². The smallest absolute Gasteiger partial charge is 0.257 e. The van der Waals surface area contributed by atoms with E-state index in [0.717, 1.165) is 17.0 Å². The molecule has 0 aromatic carbocycles. The van der Waals surface area contributed by atoms with Gasteiger partial charge in [0.25, 0.3) is 5.91 Å². The van der Waals surface area contributed by atoms with E-state index in [9.17, 15) is 4.79 Å². The molecule has 0 fully saturated rings. The van der Waals surface area contributed by atoms with Crippen molar-refractivity contribution in [2.24, 2.45) is 7.05 Å². The molecule has 0 unspecified atom stereocenters. The standard InChI is InChI=1S/C14H19N5O/c1-9-12(6-15-8-16-9)14(20)18(4)7-13-10(2)17-19(5)11(13)3/h6,8H,7H2,1-5H3. The summed E-state index contributed by atoms with van der Waals surface area (Å²) in [4.78, 5) is 22.1. The van der Waals surface area contributed by atoms with E-state index in [2.05, 4.69) is 15.1 Å². The van der Waals surface area contributed by atoms with Crippen molar-refractivity contribution in [1.29, 1.82) is 0 Å². The first-order valence-corrected chi connectivity index (χ1v) is 6.43.